The minimum atomic E-state index is -1.09. The number of aliphatic hydroxyl groups is 1. The molecule has 1 unspecified atom stereocenters. The summed E-state index contributed by atoms with van der Waals surface area (Å²) in [4.78, 5) is 0. The minimum absolute atomic E-state index is 0.114. The lowest BCUT2D eigenvalue weighted by Crippen LogP contribution is -2.34. The topological polar surface area (TPSA) is 46.2 Å². The predicted octanol–water partition coefficient (Wildman–Crippen LogP) is 2.08. The van der Waals surface area contributed by atoms with Crippen molar-refractivity contribution in [2.24, 2.45) is 5.73 Å². The molecule has 0 spiro atoms. The van der Waals surface area contributed by atoms with Gasteiger partial charge in [0.1, 0.15) is 11.4 Å². The smallest absolute Gasteiger partial charge is 0.126 e. The Bertz CT molecular complexity index is 340. The third kappa shape index (κ3) is 2.55. The van der Waals surface area contributed by atoms with Gasteiger partial charge in [0.25, 0.3) is 0 Å². The summed E-state index contributed by atoms with van der Waals surface area (Å²) in [5.74, 6) is -0.296. The molecule has 1 rings (SSSR count). The molecule has 1 aromatic carbocycles. The number of hydrogen-bond acceptors (Lipinski definition) is 2. The molecule has 3 heteroatoms. The second kappa shape index (κ2) is 4.73. The van der Waals surface area contributed by atoms with E-state index in [-0.39, 0.29) is 12.4 Å². The van der Waals surface area contributed by atoms with E-state index < -0.39 is 5.60 Å². The van der Waals surface area contributed by atoms with Crippen LogP contribution in [0.2, 0.25) is 0 Å². The van der Waals surface area contributed by atoms with Crippen molar-refractivity contribution in [2.45, 2.75) is 32.3 Å². The van der Waals surface area contributed by atoms with E-state index in [1.54, 1.807) is 19.1 Å². The summed E-state index contributed by atoms with van der Waals surface area (Å²) in [5, 5.41) is 10.2. The van der Waals surface area contributed by atoms with Crippen molar-refractivity contribution in [3.05, 3.63) is 35.1 Å². The second-order valence-electron chi connectivity index (χ2n) is 3.95. The van der Waals surface area contributed by atoms with Crippen LogP contribution in [0.3, 0.4) is 0 Å². The summed E-state index contributed by atoms with van der Waals surface area (Å²) in [7, 11) is 0. The summed E-state index contributed by atoms with van der Waals surface area (Å²) < 4.78 is 13.3. The van der Waals surface area contributed by atoms with Crippen molar-refractivity contribution in [2.75, 3.05) is 6.54 Å². The lowest BCUT2D eigenvalue weighted by Gasteiger charge is -2.26. The van der Waals surface area contributed by atoms with Gasteiger partial charge in [-0.25, -0.2) is 4.39 Å². The van der Waals surface area contributed by atoms with E-state index in [9.17, 15) is 9.50 Å². The fraction of sp³-hybridized carbons (Fsp3) is 0.500. The Kier molecular flexibility index (Phi) is 3.83. The van der Waals surface area contributed by atoms with Crippen molar-refractivity contribution in [3.63, 3.8) is 0 Å². The first kappa shape index (κ1) is 12.1. The molecular formula is C12H18FNO. The van der Waals surface area contributed by atoms with Crippen LogP contribution in [0.5, 0.6) is 0 Å². The molecule has 0 saturated heterocycles. The van der Waals surface area contributed by atoms with E-state index in [1.165, 1.54) is 6.07 Å². The summed E-state index contributed by atoms with van der Waals surface area (Å²) in [5.41, 5.74) is 5.59. The molecule has 0 bridgehead atoms. The molecule has 0 aromatic heterocycles. The Morgan fingerprint density at radius 3 is 2.60 bits per heavy atom. The third-order valence-electron chi connectivity index (χ3n) is 2.71. The molecule has 1 atom stereocenters. The van der Waals surface area contributed by atoms with E-state index in [4.69, 9.17) is 5.73 Å². The van der Waals surface area contributed by atoms with Crippen LogP contribution >= 0.6 is 0 Å². The van der Waals surface area contributed by atoms with Crippen LogP contribution in [0.25, 0.3) is 0 Å². The van der Waals surface area contributed by atoms with Gasteiger partial charge in [-0.1, -0.05) is 25.5 Å². The van der Waals surface area contributed by atoms with E-state index in [1.807, 2.05) is 6.92 Å². The Balaban J connectivity index is 3.07. The maximum Gasteiger partial charge on any atom is 0.126 e. The fourth-order valence-corrected chi connectivity index (χ4v) is 1.66. The van der Waals surface area contributed by atoms with Crippen molar-refractivity contribution in [3.8, 4) is 0 Å². The highest BCUT2D eigenvalue weighted by atomic mass is 19.1. The molecule has 15 heavy (non-hydrogen) atoms. The second-order valence-corrected chi connectivity index (χ2v) is 3.95. The number of hydrogen-bond donors (Lipinski definition) is 2. The average molecular weight is 211 g/mol. The molecule has 0 aliphatic carbocycles. The lowest BCUT2D eigenvalue weighted by molar-refractivity contribution is 0.0356. The number of rotatable bonds is 4. The number of aryl methyl sites for hydroxylation is 1. The van der Waals surface area contributed by atoms with Crippen molar-refractivity contribution in [1.82, 2.24) is 0 Å². The quantitative estimate of drug-likeness (QED) is 0.801. The molecule has 0 aliphatic heterocycles. The minimum Gasteiger partial charge on any atom is -0.384 e. The lowest BCUT2D eigenvalue weighted by atomic mass is 9.89. The van der Waals surface area contributed by atoms with Crippen LogP contribution in [-0.2, 0) is 5.60 Å². The van der Waals surface area contributed by atoms with Gasteiger partial charge in [0, 0.05) is 6.54 Å². The van der Waals surface area contributed by atoms with Crippen LogP contribution in [-0.4, -0.2) is 11.7 Å². The first-order valence-corrected chi connectivity index (χ1v) is 5.22. The van der Waals surface area contributed by atoms with Crippen LogP contribution in [0.1, 0.15) is 30.9 Å². The Hall–Kier alpha value is -0.930. The van der Waals surface area contributed by atoms with E-state index >= 15 is 0 Å². The van der Waals surface area contributed by atoms with Gasteiger partial charge >= 0.3 is 0 Å². The van der Waals surface area contributed by atoms with Crippen LogP contribution < -0.4 is 5.73 Å². The van der Waals surface area contributed by atoms with Crippen LogP contribution in [0, 0.1) is 12.7 Å². The molecule has 0 heterocycles. The molecule has 0 aliphatic rings. The highest BCUT2D eigenvalue weighted by Gasteiger charge is 2.26. The highest BCUT2D eigenvalue weighted by Crippen LogP contribution is 2.26. The fourth-order valence-electron chi connectivity index (χ4n) is 1.66. The van der Waals surface area contributed by atoms with E-state index in [0.717, 1.165) is 6.42 Å². The summed E-state index contributed by atoms with van der Waals surface area (Å²) in [6.45, 7) is 3.77. The zero-order valence-electron chi connectivity index (χ0n) is 9.26. The summed E-state index contributed by atoms with van der Waals surface area (Å²) >= 11 is 0. The van der Waals surface area contributed by atoms with Crippen LogP contribution in [0.4, 0.5) is 4.39 Å². The number of halogens is 1. The molecule has 0 saturated carbocycles. The standard InChI is InChI=1S/C12H18FNO/c1-3-6-12(15,8-14)10-5-4-9(2)11(13)7-10/h4-5,7,15H,3,6,8,14H2,1-2H3. The maximum absolute atomic E-state index is 13.3. The zero-order valence-corrected chi connectivity index (χ0v) is 9.26. The molecular weight excluding hydrogens is 193 g/mol. The Morgan fingerprint density at radius 2 is 2.13 bits per heavy atom. The normalized spacial score (nSPS) is 15.0. The monoisotopic (exact) mass is 211 g/mol. The molecule has 0 radical (unpaired) electrons. The summed E-state index contributed by atoms with van der Waals surface area (Å²) in [6.07, 6.45) is 1.36. The number of benzene rings is 1. The van der Waals surface area contributed by atoms with E-state index in [2.05, 4.69) is 0 Å². The molecule has 3 N–H and O–H groups in total. The van der Waals surface area contributed by atoms with Gasteiger partial charge in [-0.05, 0) is 30.5 Å². The molecule has 1 aromatic rings. The molecule has 84 valence electrons. The molecule has 0 amide bonds. The van der Waals surface area contributed by atoms with E-state index in [0.29, 0.717) is 17.5 Å². The van der Waals surface area contributed by atoms with Gasteiger partial charge in [-0.2, -0.15) is 0 Å². The summed E-state index contributed by atoms with van der Waals surface area (Å²) in [6, 6.07) is 4.78. The highest BCUT2D eigenvalue weighted by molar-refractivity contribution is 5.28. The first-order valence-electron chi connectivity index (χ1n) is 5.22. The molecule has 2 nitrogen and oxygen atoms in total. The zero-order chi connectivity index (χ0) is 11.5. The Labute approximate surface area is 89.9 Å². The third-order valence-corrected chi connectivity index (χ3v) is 2.71. The van der Waals surface area contributed by atoms with Gasteiger partial charge in [0.05, 0.1) is 0 Å². The van der Waals surface area contributed by atoms with Gasteiger partial charge in [0.2, 0.25) is 0 Å². The van der Waals surface area contributed by atoms with Crippen molar-refractivity contribution in [1.29, 1.82) is 0 Å². The predicted molar refractivity (Wildman–Crippen MR) is 59.0 cm³/mol. The van der Waals surface area contributed by atoms with Gasteiger partial charge in [-0.15, -0.1) is 0 Å². The first-order chi connectivity index (χ1) is 7.03. The molecule has 0 fully saturated rings. The van der Waals surface area contributed by atoms with Gasteiger partial charge in [0.15, 0.2) is 0 Å². The largest absolute Gasteiger partial charge is 0.384 e. The Morgan fingerprint density at radius 1 is 1.47 bits per heavy atom. The number of nitrogens with two attached hydrogens (primary N) is 1. The van der Waals surface area contributed by atoms with Gasteiger partial charge in [-0.3, -0.25) is 0 Å². The SMILES string of the molecule is CCCC(O)(CN)c1ccc(C)c(F)c1. The van der Waals surface area contributed by atoms with Crippen LogP contribution in [0.15, 0.2) is 18.2 Å². The average Bonchev–Trinajstić information content (AvgIpc) is 2.22. The van der Waals surface area contributed by atoms with Crippen molar-refractivity contribution < 1.29 is 9.50 Å². The van der Waals surface area contributed by atoms with Crippen molar-refractivity contribution >= 4 is 0 Å². The van der Waals surface area contributed by atoms with Gasteiger partial charge < -0.3 is 10.8 Å². The maximum atomic E-state index is 13.3.